The zero-order valence-electron chi connectivity index (χ0n) is 7.36. The van der Waals surface area contributed by atoms with Crippen molar-refractivity contribution < 1.29 is 26.7 Å². The molecule has 0 bridgehead atoms. The Bertz CT molecular complexity index is 372. The summed E-state index contributed by atoms with van der Waals surface area (Å²) in [6, 6.07) is 0.529. The van der Waals surface area contributed by atoms with E-state index in [4.69, 9.17) is 17.3 Å². The molecule has 0 fully saturated rings. The van der Waals surface area contributed by atoms with E-state index in [1.807, 2.05) is 0 Å². The van der Waals surface area contributed by atoms with Crippen LogP contribution in [0.25, 0.3) is 0 Å². The number of alkyl halides is 5. The van der Waals surface area contributed by atoms with Gasteiger partial charge in [0.25, 0.3) is 6.43 Å². The number of aromatic nitrogens is 1. The number of hydrogen-bond acceptors (Lipinski definition) is 3. The van der Waals surface area contributed by atoms with Crippen LogP contribution in [0.3, 0.4) is 0 Å². The van der Waals surface area contributed by atoms with E-state index in [9.17, 15) is 22.0 Å². The molecule has 0 radical (unpaired) electrons. The van der Waals surface area contributed by atoms with Crippen molar-refractivity contribution >= 4 is 17.3 Å². The summed E-state index contributed by atoms with van der Waals surface area (Å²) in [4.78, 5) is 3.00. The van der Waals surface area contributed by atoms with Crippen LogP contribution in [0.2, 0.25) is 5.15 Å². The third kappa shape index (κ3) is 3.09. The van der Waals surface area contributed by atoms with Gasteiger partial charge in [-0.3, -0.25) is 0 Å². The third-order valence-electron chi connectivity index (χ3n) is 1.46. The molecule has 0 aromatic carbocycles. The van der Waals surface area contributed by atoms with Gasteiger partial charge in [-0.15, -0.1) is 13.2 Å². The summed E-state index contributed by atoms with van der Waals surface area (Å²) >= 11 is 5.24. The van der Waals surface area contributed by atoms with Crippen molar-refractivity contribution in [3.8, 4) is 5.88 Å². The molecule has 1 aromatic heterocycles. The molecule has 0 unspecified atom stereocenters. The Morgan fingerprint density at radius 2 is 1.94 bits per heavy atom. The number of nitrogens with zero attached hydrogens (tertiary/aromatic N) is 1. The summed E-state index contributed by atoms with van der Waals surface area (Å²) in [7, 11) is 0. The van der Waals surface area contributed by atoms with E-state index in [0.717, 1.165) is 0 Å². The molecule has 3 nitrogen and oxygen atoms in total. The number of halogens is 6. The molecule has 2 N–H and O–H groups in total. The Morgan fingerprint density at radius 1 is 1.38 bits per heavy atom. The van der Waals surface area contributed by atoms with Gasteiger partial charge in [-0.2, -0.15) is 0 Å². The molecule has 0 aliphatic rings. The van der Waals surface area contributed by atoms with Gasteiger partial charge in [0, 0.05) is 11.8 Å². The van der Waals surface area contributed by atoms with Gasteiger partial charge in [-0.1, -0.05) is 11.6 Å². The van der Waals surface area contributed by atoms with E-state index < -0.39 is 35.1 Å². The van der Waals surface area contributed by atoms with Crippen LogP contribution >= 0.6 is 11.6 Å². The lowest BCUT2D eigenvalue weighted by molar-refractivity contribution is -0.276. The SMILES string of the molecule is Nc1cc(OC(F)(F)F)nc(Cl)c1C(F)F. The fourth-order valence-corrected chi connectivity index (χ4v) is 1.18. The minimum absolute atomic E-state index is 0.529. The van der Waals surface area contributed by atoms with Gasteiger partial charge in [0.2, 0.25) is 5.88 Å². The molecule has 0 aliphatic carbocycles. The van der Waals surface area contributed by atoms with Crippen molar-refractivity contribution in [1.82, 2.24) is 4.98 Å². The van der Waals surface area contributed by atoms with E-state index in [2.05, 4.69) is 9.72 Å². The lowest BCUT2D eigenvalue weighted by atomic mass is 10.2. The maximum absolute atomic E-state index is 12.3. The summed E-state index contributed by atoms with van der Waals surface area (Å²) in [5, 5.41) is -0.825. The first-order valence-corrected chi connectivity index (χ1v) is 4.08. The lowest BCUT2D eigenvalue weighted by Gasteiger charge is -2.11. The molecule has 9 heteroatoms. The van der Waals surface area contributed by atoms with Gasteiger partial charge in [-0.05, 0) is 0 Å². The minimum atomic E-state index is -4.99. The van der Waals surface area contributed by atoms with E-state index in [0.29, 0.717) is 6.07 Å². The molecule has 0 amide bonds. The molecule has 1 heterocycles. The fraction of sp³-hybridized carbons (Fsp3) is 0.286. The van der Waals surface area contributed by atoms with Crippen LogP contribution in [0.4, 0.5) is 27.6 Å². The van der Waals surface area contributed by atoms with Crippen LogP contribution in [0.15, 0.2) is 6.07 Å². The van der Waals surface area contributed by atoms with E-state index in [1.54, 1.807) is 0 Å². The van der Waals surface area contributed by atoms with Crippen molar-refractivity contribution in [3.05, 3.63) is 16.8 Å². The summed E-state index contributed by atoms with van der Waals surface area (Å²) in [5.41, 5.74) is 3.65. The number of pyridine rings is 1. The van der Waals surface area contributed by atoms with Crippen molar-refractivity contribution in [2.75, 3.05) is 5.73 Å². The van der Waals surface area contributed by atoms with Gasteiger partial charge >= 0.3 is 6.36 Å². The number of nitrogen functional groups attached to an aromatic ring is 1. The zero-order valence-corrected chi connectivity index (χ0v) is 8.11. The molecule has 90 valence electrons. The molecular formula is C7H4ClF5N2O. The highest BCUT2D eigenvalue weighted by Gasteiger charge is 2.32. The first-order chi connectivity index (χ1) is 7.20. The number of rotatable bonds is 2. The normalized spacial score (nSPS) is 11.9. The first-order valence-electron chi connectivity index (χ1n) is 3.70. The van der Waals surface area contributed by atoms with Crippen molar-refractivity contribution in [1.29, 1.82) is 0 Å². The van der Waals surface area contributed by atoms with Gasteiger partial charge in [-0.25, -0.2) is 13.8 Å². The second-order valence-corrected chi connectivity index (χ2v) is 2.96. The van der Waals surface area contributed by atoms with Crippen molar-refractivity contribution in [2.45, 2.75) is 12.8 Å². The Labute approximate surface area is 91.0 Å². The second-order valence-electron chi connectivity index (χ2n) is 2.60. The maximum atomic E-state index is 12.3. The monoisotopic (exact) mass is 262 g/mol. The summed E-state index contributed by atoms with van der Waals surface area (Å²) in [5.74, 6) is -0.987. The predicted octanol–water partition coefficient (Wildman–Crippen LogP) is 3.15. The third-order valence-corrected chi connectivity index (χ3v) is 1.75. The molecular weight excluding hydrogens is 259 g/mol. The molecule has 0 saturated heterocycles. The van der Waals surface area contributed by atoms with Gasteiger partial charge in [0.15, 0.2) is 0 Å². The zero-order chi connectivity index (χ0) is 12.5. The number of ether oxygens (including phenoxy) is 1. The predicted molar refractivity (Wildman–Crippen MR) is 45.3 cm³/mol. The Balaban J connectivity index is 3.10. The van der Waals surface area contributed by atoms with E-state index in [1.165, 1.54) is 0 Å². The number of hydrogen-bond donors (Lipinski definition) is 1. The lowest BCUT2D eigenvalue weighted by Crippen LogP contribution is -2.18. The van der Waals surface area contributed by atoms with Gasteiger partial charge < -0.3 is 10.5 Å². The summed E-state index contributed by atoms with van der Waals surface area (Å²) in [6.45, 7) is 0. The van der Waals surface area contributed by atoms with E-state index in [-0.39, 0.29) is 0 Å². The first kappa shape index (κ1) is 12.8. The summed E-state index contributed by atoms with van der Waals surface area (Å²) < 4.78 is 63.3. The molecule has 0 spiro atoms. The van der Waals surface area contributed by atoms with Crippen LogP contribution in [0.1, 0.15) is 12.0 Å². The highest BCUT2D eigenvalue weighted by Crippen LogP contribution is 2.34. The van der Waals surface area contributed by atoms with Crippen LogP contribution in [0, 0.1) is 0 Å². The van der Waals surface area contributed by atoms with E-state index >= 15 is 0 Å². The van der Waals surface area contributed by atoms with Crippen LogP contribution in [0.5, 0.6) is 5.88 Å². The molecule has 0 saturated carbocycles. The molecule has 1 aromatic rings. The van der Waals surface area contributed by atoms with Crippen LogP contribution < -0.4 is 10.5 Å². The maximum Gasteiger partial charge on any atom is 0.574 e. The Hall–Kier alpha value is -1.31. The standard InChI is InChI=1S/C7H4ClF5N2O/c8-5-4(6(9)10)2(14)1-3(15-5)16-7(11,12)13/h1,6H,(H2,14,15). The topological polar surface area (TPSA) is 48.1 Å². The highest BCUT2D eigenvalue weighted by molar-refractivity contribution is 6.30. The van der Waals surface area contributed by atoms with Crippen molar-refractivity contribution in [3.63, 3.8) is 0 Å². The van der Waals surface area contributed by atoms with Crippen LogP contribution in [-0.2, 0) is 0 Å². The van der Waals surface area contributed by atoms with Crippen LogP contribution in [-0.4, -0.2) is 11.3 Å². The minimum Gasteiger partial charge on any atom is -0.398 e. The highest BCUT2D eigenvalue weighted by atomic mass is 35.5. The van der Waals surface area contributed by atoms with Gasteiger partial charge in [0.1, 0.15) is 5.15 Å². The average molecular weight is 263 g/mol. The quantitative estimate of drug-likeness (QED) is 0.658. The molecule has 1 rings (SSSR count). The fourth-order valence-electron chi connectivity index (χ4n) is 0.906. The molecule has 0 aliphatic heterocycles. The van der Waals surface area contributed by atoms with Crippen molar-refractivity contribution in [2.24, 2.45) is 0 Å². The molecule has 16 heavy (non-hydrogen) atoms. The largest absolute Gasteiger partial charge is 0.574 e. The smallest absolute Gasteiger partial charge is 0.398 e. The van der Waals surface area contributed by atoms with Gasteiger partial charge in [0.05, 0.1) is 5.56 Å². The molecule has 0 atom stereocenters. The Morgan fingerprint density at radius 3 is 2.31 bits per heavy atom. The average Bonchev–Trinajstić information content (AvgIpc) is 1.96. The number of nitrogens with two attached hydrogens (primary N) is 1. The summed E-state index contributed by atoms with van der Waals surface area (Å²) in [6.07, 6.45) is -8.02. The Kier molecular flexibility index (Phi) is 3.41. The second kappa shape index (κ2) is 4.28. The number of anilines is 1.